The van der Waals surface area contributed by atoms with Gasteiger partial charge in [0.1, 0.15) is 18.2 Å². The van der Waals surface area contributed by atoms with Gasteiger partial charge in [-0.2, -0.15) is 0 Å². The van der Waals surface area contributed by atoms with Crippen LogP contribution in [-0.4, -0.2) is 50.8 Å². The number of hydrogen-bond donors (Lipinski definition) is 1. The molecule has 3 aromatic heterocycles. The minimum Gasteiger partial charge on any atom is -0.453 e. The number of carbonyl (C=O) groups is 1. The molecule has 9 nitrogen and oxygen atoms in total. The summed E-state index contributed by atoms with van der Waals surface area (Å²) in [6.07, 6.45) is 3.39. The Bertz CT molecular complexity index is 1050. The molecule has 0 aromatic carbocycles. The first-order valence-electron chi connectivity index (χ1n) is 11.5. The van der Waals surface area contributed by atoms with Gasteiger partial charge in [-0.15, -0.1) is 10.2 Å². The fourth-order valence-electron chi connectivity index (χ4n) is 4.18. The second-order valence-electron chi connectivity index (χ2n) is 8.83. The van der Waals surface area contributed by atoms with Crippen molar-refractivity contribution in [3.63, 3.8) is 0 Å². The lowest BCUT2D eigenvalue weighted by Gasteiger charge is -2.22. The Morgan fingerprint density at radius 2 is 2.06 bits per heavy atom. The first kappa shape index (κ1) is 23.1. The van der Waals surface area contributed by atoms with Gasteiger partial charge in [0.15, 0.2) is 11.6 Å². The summed E-state index contributed by atoms with van der Waals surface area (Å²) in [6.45, 7) is 7.94. The van der Waals surface area contributed by atoms with Gasteiger partial charge < -0.3 is 19.0 Å². The van der Waals surface area contributed by atoms with Gasteiger partial charge in [-0.3, -0.25) is 14.7 Å². The molecule has 176 valence electrons. The summed E-state index contributed by atoms with van der Waals surface area (Å²) in [5.41, 5.74) is 1.06. The quantitative estimate of drug-likeness (QED) is 0.533. The molecule has 9 heteroatoms. The van der Waals surface area contributed by atoms with Crippen LogP contribution in [0.25, 0.3) is 0 Å². The topological polar surface area (TPSA) is 98.3 Å². The summed E-state index contributed by atoms with van der Waals surface area (Å²) < 4.78 is 12.9. The first-order valence-corrected chi connectivity index (χ1v) is 11.5. The second-order valence-corrected chi connectivity index (χ2v) is 8.83. The molecule has 4 heterocycles. The van der Waals surface area contributed by atoms with Crippen molar-refractivity contribution in [3.8, 4) is 0 Å². The SMILES string of the molecule is COCc1ccc(C(=O)NC(CC(C)C)c2nnc3n2CCN(Cc2ccccn2)CC3)o1. The van der Waals surface area contributed by atoms with Gasteiger partial charge >= 0.3 is 0 Å². The van der Waals surface area contributed by atoms with Gasteiger partial charge in [0.05, 0.1) is 11.7 Å². The zero-order chi connectivity index (χ0) is 23.2. The summed E-state index contributed by atoms with van der Waals surface area (Å²) in [5, 5.41) is 12.1. The van der Waals surface area contributed by atoms with Gasteiger partial charge in [0.25, 0.3) is 5.91 Å². The van der Waals surface area contributed by atoms with E-state index in [9.17, 15) is 4.79 Å². The Hall–Kier alpha value is -3.04. The Balaban J connectivity index is 1.48. The molecule has 0 aliphatic carbocycles. The van der Waals surface area contributed by atoms with E-state index in [1.54, 1.807) is 19.2 Å². The third kappa shape index (κ3) is 5.85. The highest BCUT2D eigenvalue weighted by Crippen LogP contribution is 2.23. The van der Waals surface area contributed by atoms with E-state index in [1.165, 1.54) is 0 Å². The van der Waals surface area contributed by atoms with Crippen LogP contribution in [0.4, 0.5) is 0 Å². The van der Waals surface area contributed by atoms with E-state index in [4.69, 9.17) is 9.15 Å². The lowest BCUT2D eigenvalue weighted by Crippen LogP contribution is -2.32. The highest BCUT2D eigenvalue weighted by atomic mass is 16.5. The second kappa shape index (κ2) is 10.7. The number of fused-ring (bicyclic) bond motifs is 1. The lowest BCUT2D eigenvalue weighted by molar-refractivity contribution is 0.0892. The number of amides is 1. The fraction of sp³-hybridized carbons (Fsp3) is 0.500. The molecular weight excluding hydrogens is 420 g/mol. The standard InChI is InChI=1S/C24H32N6O3/c1-17(2)14-20(26-24(31)21-8-7-19(33-21)16-32-3)23-28-27-22-9-11-29(12-13-30(22)23)15-18-6-4-5-10-25-18/h4-8,10,17,20H,9,11-16H2,1-3H3,(H,26,31). The van der Waals surface area contributed by atoms with Crippen LogP contribution < -0.4 is 5.32 Å². The molecule has 1 amide bonds. The average molecular weight is 453 g/mol. The summed E-state index contributed by atoms with van der Waals surface area (Å²) in [5.74, 6) is 2.76. The Morgan fingerprint density at radius 1 is 1.18 bits per heavy atom. The molecule has 1 aliphatic heterocycles. The van der Waals surface area contributed by atoms with Crippen molar-refractivity contribution in [2.24, 2.45) is 5.92 Å². The van der Waals surface area contributed by atoms with E-state index in [0.717, 1.165) is 56.4 Å². The van der Waals surface area contributed by atoms with Gasteiger partial charge in [0, 0.05) is 45.9 Å². The smallest absolute Gasteiger partial charge is 0.287 e. The molecule has 3 aromatic rings. The van der Waals surface area contributed by atoms with E-state index in [1.807, 2.05) is 18.3 Å². The molecule has 0 fully saturated rings. The molecule has 1 atom stereocenters. The molecule has 0 spiro atoms. The summed E-state index contributed by atoms with van der Waals surface area (Å²) in [4.78, 5) is 19.8. The number of methoxy groups -OCH3 is 1. The highest BCUT2D eigenvalue weighted by Gasteiger charge is 2.27. The number of hydrogen-bond acceptors (Lipinski definition) is 7. The van der Waals surface area contributed by atoms with Crippen molar-refractivity contribution in [2.75, 3.05) is 20.2 Å². The molecule has 0 radical (unpaired) electrons. The van der Waals surface area contributed by atoms with Crippen LogP contribution in [0.3, 0.4) is 0 Å². The van der Waals surface area contributed by atoms with Crippen molar-refractivity contribution < 1.29 is 13.9 Å². The molecule has 0 saturated heterocycles. The number of ether oxygens (including phenoxy) is 1. The molecule has 0 bridgehead atoms. The van der Waals surface area contributed by atoms with Gasteiger partial charge in [0.2, 0.25) is 0 Å². The maximum atomic E-state index is 12.9. The van der Waals surface area contributed by atoms with Crippen LogP contribution in [-0.2, 0) is 30.9 Å². The van der Waals surface area contributed by atoms with Crippen molar-refractivity contribution in [2.45, 2.75) is 52.4 Å². The van der Waals surface area contributed by atoms with Gasteiger partial charge in [-0.1, -0.05) is 19.9 Å². The lowest BCUT2D eigenvalue weighted by atomic mass is 10.0. The number of nitrogens with zero attached hydrogens (tertiary/aromatic N) is 5. The molecule has 1 unspecified atom stereocenters. The van der Waals surface area contributed by atoms with E-state index in [0.29, 0.717) is 18.3 Å². The molecule has 0 saturated carbocycles. The first-order chi connectivity index (χ1) is 16.0. The van der Waals surface area contributed by atoms with Crippen molar-refractivity contribution >= 4 is 5.91 Å². The monoisotopic (exact) mass is 452 g/mol. The van der Waals surface area contributed by atoms with E-state index < -0.39 is 0 Å². The minimum atomic E-state index is -0.259. The fourth-order valence-corrected chi connectivity index (χ4v) is 4.18. The number of rotatable bonds is 9. The minimum absolute atomic E-state index is 0.253. The molecule has 4 rings (SSSR count). The number of carbonyl (C=O) groups excluding carboxylic acids is 1. The molecular formula is C24H32N6O3. The zero-order valence-electron chi connectivity index (χ0n) is 19.5. The van der Waals surface area contributed by atoms with Crippen LogP contribution in [0.2, 0.25) is 0 Å². The van der Waals surface area contributed by atoms with Crippen molar-refractivity contribution in [3.05, 3.63) is 65.4 Å². The number of nitrogens with one attached hydrogen (secondary N) is 1. The van der Waals surface area contributed by atoms with Crippen LogP contribution >= 0.6 is 0 Å². The number of aromatic nitrogens is 4. The van der Waals surface area contributed by atoms with Gasteiger partial charge in [-0.25, -0.2) is 0 Å². The molecule has 1 N–H and O–H groups in total. The third-order valence-corrected chi connectivity index (χ3v) is 5.76. The maximum Gasteiger partial charge on any atom is 0.287 e. The predicted octanol–water partition coefficient (Wildman–Crippen LogP) is 2.99. The van der Waals surface area contributed by atoms with E-state index >= 15 is 0 Å². The van der Waals surface area contributed by atoms with Crippen LogP contribution in [0.15, 0.2) is 40.9 Å². The van der Waals surface area contributed by atoms with E-state index in [2.05, 4.69) is 49.9 Å². The number of furan rings is 1. The Kier molecular flexibility index (Phi) is 7.51. The van der Waals surface area contributed by atoms with Gasteiger partial charge in [-0.05, 0) is 36.6 Å². The third-order valence-electron chi connectivity index (χ3n) is 5.76. The number of pyridine rings is 1. The maximum absolute atomic E-state index is 12.9. The molecule has 1 aliphatic rings. The molecule has 33 heavy (non-hydrogen) atoms. The largest absolute Gasteiger partial charge is 0.453 e. The van der Waals surface area contributed by atoms with Crippen molar-refractivity contribution in [1.29, 1.82) is 0 Å². The van der Waals surface area contributed by atoms with Crippen LogP contribution in [0.1, 0.15) is 60.0 Å². The zero-order valence-corrected chi connectivity index (χ0v) is 19.5. The van der Waals surface area contributed by atoms with Crippen LogP contribution in [0.5, 0.6) is 0 Å². The summed E-state index contributed by atoms with van der Waals surface area (Å²) >= 11 is 0. The summed E-state index contributed by atoms with van der Waals surface area (Å²) in [7, 11) is 1.59. The average Bonchev–Trinajstić information content (AvgIpc) is 3.38. The predicted molar refractivity (Wildman–Crippen MR) is 122 cm³/mol. The Labute approximate surface area is 194 Å². The highest BCUT2D eigenvalue weighted by molar-refractivity contribution is 5.91. The van der Waals surface area contributed by atoms with E-state index in [-0.39, 0.29) is 17.7 Å². The van der Waals surface area contributed by atoms with Crippen LogP contribution in [0, 0.1) is 5.92 Å². The normalized spacial score (nSPS) is 15.3. The summed E-state index contributed by atoms with van der Waals surface area (Å²) in [6, 6.07) is 9.19. The Morgan fingerprint density at radius 3 is 2.82 bits per heavy atom. The van der Waals surface area contributed by atoms with Crippen molar-refractivity contribution in [1.82, 2.24) is 30.0 Å².